The molecule has 1 fully saturated rings. The molecule has 17 heavy (non-hydrogen) atoms. The maximum atomic E-state index is 12.3. The average molecular weight is 233 g/mol. The first-order valence-electron chi connectivity index (χ1n) is 6.12. The van der Waals surface area contributed by atoms with Crippen LogP contribution in [-0.4, -0.2) is 35.1 Å². The van der Waals surface area contributed by atoms with Gasteiger partial charge in [0.1, 0.15) is 0 Å². The Kier molecular flexibility index (Phi) is 3.48. The number of carbonyl (C=O) groups is 1. The summed E-state index contributed by atoms with van der Waals surface area (Å²) in [5, 5.41) is 9.24. The maximum absolute atomic E-state index is 12.3. The van der Waals surface area contributed by atoms with E-state index in [1.54, 1.807) is 4.90 Å². The Morgan fingerprint density at radius 1 is 1.41 bits per heavy atom. The number of hydrogen-bond donors (Lipinski definition) is 1. The Morgan fingerprint density at radius 2 is 2.18 bits per heavy atom. The molecule has 0 radical (unpaired) electrons. The number of hydrogen-bond acceptors (Lipinski definition) is 2. The number of nitrogens with zero attached hydrogens (tertiary/aromatic N) is 1. The second-order valence-corrected chi connectivity index (χ2v) is 4.78. The molecule has 0 bridgehead atoms. The van der Waals surface area contributed by atoms with Gasteiger partial charge < -0.3 is 10.0 Å². The lowest BCUT2D eigenvalue weighted by Gasteiger charge is -2.23. The third kappa shape index (κ3) is 2.34. The molecular formula is C14H19NO2. The molecule has 1 atom stereocenters. The molecule has 0 aromatic heterocycles. The number of amides is 1. The van der Waals surface area contributed by atoms with E-state index in [1.165, 1.54) is 5.56 Å². The molecular weight excluding hydrogens is 214 g/mol. The van der Waals surface area contributed by atoms with Gasteiger partial charge in [-0.2, -0.15) is 0 Å². The zero-order valence-corrected chi connectivity index (χ0v) is 10.4. The van der Waals surface area contributed by atoms with Gasteiger partial charge in [0.25, 0.3) is 5.91 Å². The molecule has 1 aromatic carbocycles. The van der Waals surface area contributed by atoms with E-state index in [0.717, 1.165) is 30.5 Å². The molecule has 0 saturated carbocycles. The molecule has 0 aliphatic carbocycles. The summed E-state index contributed by atoms with van der Waals surface area (Å²) >= 11 is 0. The minimum absolute atomic E-state index is 0.00380. The summed E-state index contributed by atoms with van der Waals surface area (Å²) in [5.74, 6) is 0.0460. The molecule has 1 N–H and O–H groups in total. The fraction of sp³-hybridized carbons (Fsp3) is 0.500. The summed E-state index contributed by atoms with van der Waals surface area (Å²) in [6, 6.07) is 5.79. The molecule has 1 aromatic rings. The molecule has 3 heteroatoms. The maximum Gasteiger partial charge on any atom is 0.254 e. The lowest BCUT2D eigenvalue weighted by Crippen LogP contribution is -2.37. The highest BCUT2D eigenvalue weighted by Crippen LogP contribution is 2.20. The van der Waals surface area contributed by atoms with Crippen molar-refractivity contribution in [2.45, 2.75) is 32.7 Å². The number of carbonyl (C=O) groups excluding carboxylic acids is 1. The zero-order valence-electron chi connectivity index (χ0n) is 10.4. The summed E-state index contributed by atoms with van der Waals surface area (Å²) in [5.41, 5.74) is 3.06. The molecule has 92 valence electrons. The summed E-state index contributed by atoms with van der Waals surface area (Å²) < 4.78 is 0. The van der Waals surface area contributed by atoms with Gasteiger partial charge in [-0.3, -0.25) is 4.79 Å². The normalized spacial score (nSPS) is 19.7. The first kappa shape index (κ1) is 12.1. The van der Waals surface area contributed by atoms with Crippen LogP contribution in [0.3, 0.4) is 0 Å². The SMILES string of the molecule is Cc1ccc(C(=O)N2CCC[C@@H]2CO)cc1C. The van der Waals surface area contributed by atoms with Crippen molar-refractivity contribution >= 4 is 5.91 Å². The van der Waals surface area contributed by atoms with Crippen molar-refractivity contribution in [1.82, 2.24) is 4.90 Å². The Balaban J connectivity index is 2.21. The van der Waals surface area contributed by atoms with Gasteiger partial charge in [-0.25, -0.2) is 0 Å². The highest BCUT2D eigenvalue weighted by molar-refractivity contribution is 5.94. The van der Waals surface area contributed by atoms with E-state index in [4.69, 9.17) is 0 Å². The van der Waals surface area contributed by atoms with Gasteiger partial charge >= 0.3 is 0 Å². The average Bonchev–Trinajstić information content (AvgIpc) is 2.80. The van der Waals surface area contributed by atoms with E-state index in [-0.39, 0.29) is 18.6 Å². The predicted octanol–water partition coefficient (Wildman–Crippen LogP) is 1.90. The summed E-state index contributed by atoms with van der Waals surface area (Å²) in [6.07, 6.45) is 1.90. The zero-order chi connectivity index (χ0) is 12.4. The van der Waals surface area contributed by atoms with Crippen LogP contribution >= 0.6 is 0 Å². The molecule has 1 aliphatic heterocycles. The second kappa shape index (κ2) is 4.88. The Morgan fingerprint density at radius 3 is 2.82 bits per heavy atom. The smallest absolute Gasteiger partial charge is 0.254 e. The first-order chi connectivity index (χ1) is 8.13. The van der Waals surface area contributed by atoms with Crippen molar-refractivity contribution in [2.75, 3.05) is 13.2 Å². The van der Waals surface area contributed by atoms with Crippen molar-refractivity contribution in [1.29, 1.82) is 0 Å². The quantitative estimate of drug-likeness (QED) is 0.847. The van der Waals surface area contributed by atoms with Crippen molar-refractivity contribution in [2.24, 2.45) is 0 Å². The van der Waals surface area contributed by atoms with Crippen LogP contribution < -0.4 is 0 Å². The van der Waals surface area contributed by atoms with E-state index >= 15 is 0 Å². The topological polar surface area (TPSA) is 40.5 Å². The van der Waals surface area contributed by atoms with Crippen LogP contribution in [0, 0.1) is 13.8 Å². The van der Waals surface area contributed by atoms with Gasteiger partial charge in [-0.05, 0) is 49.9 Å². The Labute approximate surface area is 102 Å². The number of aliphatic hydroxyl groups is 1. The Bertz CT molecular complexity index is 428. The van der Waals surface area contributed by atoms with Crippen LogP contribution in [0.5, 0.6) is 0 Å². The van der Waals surface area contributed by atoms with Crippen LogP contribution in [0.15, 0.2) is 18.2 Å². The van der Waals surface area contributed by atoms with E-state index in [1.807, 2.05) is 32.0 Å². The molecule has 1 heterocycles. The number of likely N-dealkylation sites (tertiary alicyclic amines) is 1. The standard InChI is InChI=1S/C14H19NO2/c1-10-5-6-12(8-11(10)2)14(17)15-7-3-4-13(15)9-16/h5-6,8,13,16H,3-4,7,9H2,1-2H3/t13-/m1/s1. The van der Waals surface area contributed by atoms with Crippen LogP contribution in [0.1, 0.15) is 34.3 Å². The van der Waals surface area contributed by atoms with Crippen molar-refractivity contribution in [3.8, 4) is 0 Å². The van der Waals surface area contributed by atoms with Crippen LogP contribution in [0.25, 0.3) is 0 Å². The fourth-order valence-electron chi connectivity index (χ4n) is 2.33. The molecule has 1 aliphatic rings. The van der Waals surface area contributed by atoms with E-state index in [9.17, 15) is 9.90 Å². The lowest BCUT2D eigenvalue weighted by molar-refractivity contribution is 0.0677. The minimum atomic E-state index is 0.00380. The van der Waals surface area contributed by atoms with E-state index in [0.29, 0.717) is 0 Å². The number of aryl methyl sites for hydroxylation is 2. The fourth-order valence-corrected chi connectivity index (χ4v) is 2.33. The second-order valence-electron chi connectivity index (χ2n) is 4.78. The number of rotatable bonds is 2. The molecule has 1 amide bonds. The molecule has 0 unspecified atom stereocenters. The van der Waals surface area contributed by atoms with Crippen LogP contribution in [0.4, 0.5) is 0 Å². The largest absolute Gasteiger partial charge is 0.394 e. The van der Waals surface area contributed by atoms with E-state index in [2.05, 4.69) is 0 Å². The molecule has 3 nitrogen and oxygen atoms in total. The van der Waals surface area contributed by atoms with Crippen molar-refractivity contribution in [3.63, 3.8) is 0 Å². The van der Waals surface area contributed by atoms with Gasteiger partial charge in [0.2, 0.25) is 0 Å². The summed E-state index contributed by atoms with van der Waals surface area (Å²) in [4.78, 5) is 14.1. The number of benzene rings is 1. The summed E-state index contributed by atoms with van der Waals surface area (Å²) in [7, 11) is 0. The van der Waals surface area contributed by atoms with Gasteiger partial charge in [0, 0.05) is 12.1 Å². The third-order valence-electron chi connectivity index (χ3n) is 3.60. The Hall–Kier alpha value is -1.35. The van der Waals surface area contributed by atoms with E-state index < -0.39 is 0 Å². The first-order valence-corrected chi connectivity index (χ1v) is 6.12. The molecule has 0 spiro atoms. The third-order valence-corrected chi connectivity index (χ3v) is 3.60. The highest BCUT2D eigenvalue weighted by Gasteiger charge is 2.28. The number of aliphatic hydroxyl groups excluding tert-OH is 1. The summed E-state index contributed by atoms with van der Waals surface area (Å²) in [6.45, 7) is 4.88. The van der Waals surface area contributed by atoms with Crippen LogP contribution in [0.2, 0.25) is 0 Å². The van der Waals surface area contributed by atoms with Crippen molar-refractivity contribution in [3.05, 3.63) is 34.9 Å². The monoisotopic (exact) mass is 233 g/mol. The van der Waals surface area contributed by atoms with Crippen LogP contribution in [-0.2, 0) is 0 Å². The molecule has 1 saturated heterocycles. The molecule has 2 rings (SSSR count). The predicted molar refractivity (Wildman–Crippen MR) is 67.1 cm³/mol. The van der Waals surface area contributed by atoms with Gasteiger partial charge in [-0.1, -0.05) is 6.07 Å². The minimum Gasteiger partial charge on any atom is -0.394 e. The van der Waals surface area contributed by atoms with Gasteiger partial charge in [0.05, 0.1) is 12.6 Å². The highest BCUT2D eigenvalue weighted by atomic mass is 16.3. The van der Waals surface area contributed by atoms with Gasteiger partial charge in [-0.15, -0.1) is 0 Å². The lowest BCUT2D eigenvalue weighted by atomic mass is 10.1. The van der Waals surface area contributed by atoms with Gasteiger partial charge in [0.15, 0.2) is 0 Å². The van der Waals surface area contributed by atoms with Crippen molar-refractivity contribution < 1.29 is 9.90 Å².